The number of ether oxygens (including phenoxy) is 2. The maximum absolute atomic E-state index is 12.5. The molecule has 0 saturated heterocycles. The number of primary amides is 1. The molecule has 280 valence electrons. The number of phenols is 1. The number of aromatic nitrogens is 1. The first kappa shape index (κ1) is 36.9. The molecule has 6 aromatic rings. The Kier molecular flexibility index (Phi) is 10.9. The molecule has 0 unspecified atom stereocenters. The molecule has 1 aliphatic rings. The highest BCUT2D eigenvalue weighted by Crippen LogP contribution is 2.41. The Morgan fingerprint density at radius 3 is 2.60 bits per heavy atom. The van der Waals surface area contributed by atoms with Crippen LogP contribution in [0.2, 0.25) is 0 Å². The normalized spacial score (nSPS) is 12.7. The third-order valence-corrected chi connectivity index (χ3v) is 9.74. The lowest BCUT2D eigenvalue weighted by molar-refractivity contribution is -0.118. The first-order valence-electron chi connectivity index (χ1n) is 18.2. The summed E-state index contributed by atoms with van der Waals surface area (Å²) >= 11 is 0. The summed E-state index contributed by atoms with van der Waals surface area (Å²) < 4.78 is 10.9. The maximum atomic E-state index is 12.5. The largest absolute Gasteiger partial charge is 0.506 e. The van der Waals surface area contributed by atoms with E-state index in [0.717, 1.165) is 57.2 Å². The van der Waals surface area contributed by atoms with E-state index in [1.807, 2.05) is 31.2 Å². The number of rotatable bonds is 14. The van der Waals surface area contributed by atoms with Gasteiger partial charge in [0.1, 0.15) is 17.2 Å². The average Bonchev–Trinajstić information content (AvgIpc) is 3.18. The van der Waals surface area contributed by atoms with E-state index in [4.69, 9.17) is 15.2 Å². The number of nitrogens with zero attached hydrogens (tertiary/aromatic N) is 1. The smallest absolute Gasteiger partial charge is 0.262 e. The van der Waals surface area contributed by atoms with Gasteiger partial charge in [0.2, 0.25) is 0 Å². The molecule has 0 saturated carbocycles. The summed E-state index contributed by atoms with van der Waals surface area (Å²) in [5.41, 5.74) is 15.7. The van der Waals surface area contributed by atoms with Crippen molar-refractivity contribution < 1.29 is 29.3 Å². The Morgan fingerprint density at radius 2 is 1.80 bits per heavy atom. The van der Waals surface area contributed by atoms with Crippen molar-refractivity contribution in [3.8, 4) is 28.4 Å². The minimum atomic E-state index is -0.865. The third-order valence-electron chi connectivity index (χ3n) is 9.74. The van der Waals surface area contributed by atoms with Crippen LogP contribution in [0.4, 0.5) is 17.1 Å². The van der Waals surface area contributed by atoms with Crippen molar-refractivity contribution in [2.75, 3.05) is 37.4 Å². The summed E-state index contributed by atoms with van der Waals surface area (Å²) in [5, 5.41) is 31.0. The molecular formula is C44H43N5O6. The van der Waals surface area contributed by atoms with Crippen molar-refractivity contribution in [1.82, 2.24) is 10.3 Å². The molecule has 11 nitrogen and oxygen atoms in total. The van der Waals surface area contributed by atoms with E-state index < -0.39 is 12.0 Å². The van der Waals surface area contributed by atoms with Gasteiger partial charge in [-0.25, -0.2) is 0 Å². The van der Waals surface area contributed by atoms with Crippen LogP contribution in [0.5, 0.6) is 17.2 Å². The zero-order chi connectivity index (χ0) is 38.5. The zero-order valence-corrected chi connectivity index (χ0v) is 30.7. The second-order valence-corrected chi connectivity index (χ2v) is 13.7. The molecule has 1 aromatic heterocycles. The van der Waals surface area contributed by atoms with Crippen molar-refractivity contribution in [2.24, 2.45) is 5.73 Å². The van der Waals surface area contributed by atoms with Gasteiger partial charge in [0.15, 0.2) is 12.4 Å². The fourth-order valence-electron chi connectivity index (χ4n) is 6.99. The van der Waals surface area contributed by atoms with Crippen LogP contribution < -0.4 is 31.2 Å². The highest BCUT2D eigenvalue weighted by Gasteiger charge is 2.25. The lowest BCUT2D eigenvalue weighted by atomic mass is 9.95. The Morgan fingerprint density at radius 1 is 0.982 bits per heavy atom. The standard InChI is InChI=1S/C44H43N5O6/c1-26-18-29(21-35-40(26)47-23-36(44(45)53)41(35)48-32-9-4-10-33(22-32)54-2)19-28-6-3-8-31(20-28)30-13-11-27(12-14-30)7-5-17-46-24-38(51)34-15-16-37(50)42-43(34)55-25-39(52)49-42/h3-4,6,8-16,18,20-23,38,46,50-51H,5,7,17,19,24-25H2,1-2H3,(H2,45,53)(H,47,48)(H,49,52)/t38-/m0/s1. The van der Waals surface area contributed by atoms with Crippen molar-refractivity contribution in [2.45, 2.75) is 32.3 Å². The summed E-state index contributed by atoms with van der Waals surface area (Å²) in [6, 6.07) is 31.9. The van der Waals surface area contributed by atoms with Crippen molar-refractivity contribution in [3.63, 3.8) is 0 Å². The van der Waals surface area contributed by atoms with Gasteiger partial charge in [-0.05, 0) is 96.4 Å². The number of carbonyl (C=O) groups excluding carboxylic acids is 2. The first-order valence-corrected chi connectivity index (χ1v) is 18.2. The number of benzene rings is 5. The number of aryl methyl sites for hydroxylation is 2. The summed E-state index contributed by atoms with van der Waals surface area (Å²) in [7, 11) is 1.61. The SMILES string of the molecule is COc1cccc(Nc2c(C(N)=O)cnc3c(C)cc(Cc4cccc(-c5ccc(CCCNC[C@H](O)c6ccc(O)c7c6OCC(=O)N7)cc5)c4)cc23)c1. The second kappa shape index (κ2) is 16.3. The Balaban J connectivity index is 0.989. The van der Waals surface area contributed by atoms with Crippen molar-refractivity contribution >= 4 is 39.8 Å². The van der Waals surface area contributed by atoms with Gasteiger partial charge in [-0.3, -0.25) is 14.6 Å². The number of amides is 2. The molecule has 11 heteroatoms. The molecular weight excluding hydrogens is 695 g/mol. The van der Waals surface area contributed by atoms with Gasteiger partial charge < -0.3 is 41.4 Å². The molecule has 7 rings (SSSR count). The number of pyridine rings is 1. The molecule has 2 heterocycles. The van der Waals surface area contributed by atoms with E-state index in [1.54, 1.807) is 13.2 Å². The molecule has 0 spiro atoms. The lowest BCUT2D eigenvalue weighted by Gasteiger charge is -2.23. The number of anilines is 3. The molecule has 0 radical (unpaired) electrons. The number of nitrogens with two attached hydrogens (primary N) is 1. The first-order chi connectivity index (χ1) is 26.7. The number of fused-ring (bicyclic) bond motifs is 2. The van der Waals surface area contributed by atoms with Crippen LogP contribution in [0, 0.1) is 6.92 Å². The Labute approximate surface area is 319 Å². The van der Waals surface area contributed by atoms with Crippen molar-refractivity contribution in [3.05, 3.63) is 137 Å². The van der Waals surface area contributed by atoms with Gasteiger partial charge in [0, 0.05) is 35.4 Å². The van der Waals surface area contributed by atoms with Crippen LogP contribution in [-0.4, -0.2) is 53.8 Å². The Bertz CT molecular complexity index is 2380. The van der Waals surface area contributed by atoms with E-state index in [1.165, 1.54) is 17.8 Å². The van der Waals surface area contributed by atoms with Gasteiger partial charge in [0.05, 0.1) is 30.0 Å². The third kappa shape index (κ3) is 8.38. The molecule has 7 N–H and O–H groups in total. The van der Waals surface area contributed by atoms with E-state index in [-0.39, 0.29) is 24.0 Å². The minimum absolute atomic E-state index is 0.101. The second-order valence-electron chi connectivity index (χ2n) is 13.7. The number of aromatic hydroxyl groups is 1. The zero-order valence-electron chi connectivity index (χ0n) is 30.7. The highest BCUT2D eigenvalue weighted by atomic mass is 16.5. The van der Waals surface area contributed by atoms with Crippen LogP contribution in [0.3, 0.4) is 0 Å². The van der Waals surface area contributed by atoms with E-state index >= 15 is 0 Å². The summed E-state index contributed by atoms with van der Waals surface area (Å²) in [6.07, 6.45) is 3.10. The molecule has 0 bridgehead atoms. The molecule has 0 aliphatic carbocycles. The van der Waals surface area contributed by atoms with Gasteiger partial charge in [-0.1, -0.05) is 60.7 Å². The van der Waals surface area contributed by atoms with E-state index in [9.17, 15) is 19.8 Å². The van der Waals surface area contributed by atoms with Crippen molar-refractivity contribution in [1.29, 1.82) is 0 Å². The molecule has 2 amide bonds. The minimum Gasteiger partial charge on any atom is -0.506 e. The molecule has 55 heavy (non-hydrogen) atoms. The van der Waals surface area contributed by atoms with Crippen LogP contribution in [0.25, 0.3) is 22.0 Å². The molecule has 1 aliphatic heterocycles. The monoisotopic (exact) mass is 737 g/mol. The fourth-order valence-corrected chi connectivity index (χ4v) is 6.99. The Hall–Kier alpha value is -6.43. The number of nitrogens with one attached hydrogen (secondary N) is 3. The number of aliphatic hydroxyl groups excluding tert-OH is 1. The predicted molar refractivity (Wildman–Crippen MR) is 214 cm³/mol. The van der Waals surface area contributed by atoms with Crippen LogP contribution >= 0.6 is 0 Å². The van der Waals surface area contributed by atoms with Crippen LogP contribution in [-0.2, 0) is 17.6 Å². The number of aliphatic hydroxyl groups is 1. The fraction of sp³-hybridized carbons (Fsp3) is 0.205. The number of hydrogen-bond donors (Lipinski definition) is 6. The van der Waals surface area contributed by atoms with Crippen LogP contribution in [0.15, 0.2) is 103 Å². The van der Waals surface area contributed by atoms with Crippen LogP contribution in [0.1, 0.15) is 50.7 Å². The van der Waals surface area contributed by atoms with Gasteiger partial charge in [-0.15, -0.1) is 0 Å². The predicted octanol–water partition coefficient (Wildman–Crippen LogP) is 6.94. The van der Waals surface area contributed by atoms with Gasteiger partial charge >= 0.3 is 0 Å². The average molecular weight is 738 g/mol. The number of carbonyl (C=O) groups is 2. The summed E-state index contributed by atoms with van der Waals surface area (Å²) in [6.45, 7) is 2.86. The molecule has 1 atom stereocenters. The molecule has 0 fully saturated rings. The summed E-state index contributed by atoms with van der Waals surface area (Å²) in [5.74, 6) is -0.0210. The van der Waals surface area contributed by atoms with Gasteiger partial charge in [0.25, 0.3) is 11.8 Å². The van der Waals surface area contributed by atoms with E-state index in [2.05, 4.69) is 81.6 Å². The number of methoxy groups -OCH3 is 1. The van der Waals surface area contributed by atoms with Gasteiger partial charge in [-0.2, -0.15) is 0 Å². The molecule has 5 aromatic carbocycles. The lowest BCUT2D eigenvalue weighted by Crippen LogP contribution is -2.28. The quantitative estimate of drug-likeness (QED) is 0.0512. The van der Waals surface area contributed by atoms with E-state index in [0.29, 0.717) is 47.8 Å². The topological polar surface area (TPSA) is 168 Å². The highest BCUT2D eigenvalue weighted by molar-refractivity contribution is 6.08. The maximum Gasteiger partial charge on any atom is 0.262 e. The number of phenolic OH excluding ortho intramolecular Hbond substituents is 1. The summed E-state index contributed by atoms with van der Waals surface area (Å²) in [4.78, 5) is 28.8. The number of hydrogen-bond acceptors (Lipinski definition) is 9.